The first kappa shape index (κ1) is 15.2. The number of hydrogen-bond donors (Lipinski definition) is 2. The molecule has 0 saturated carbocycles. The van der Waals surface area contributed by atoms with Crippen LogP contribution in [0.3, 0.4) is 0 Å². The summed E-state index contributed by atoms with van der Waals surface area (Å²) in [5.41, 5.74) is 0.602. The SMILES string of the molecule is CC(O)CCNC(=O)CCn1ncc(=O)c2ccccc21. The minimum atomic E-state index is -0.421. The molecule has 2 aromatic rings. The summed E-state index contributed by atoms with van der Waals surface area (Å²) in [5, 5.41) is 16.5. The van der Waals surface area contributed by atoms with Crippen LogP contribution < -0.4 is 10.7 Å². The first-order chi connectivity index (χ1) is 10.1. The highest BCUT2D eigenvalue weighted by Crippen LogP contribution is 2.08. The highest BCUT2D eigenvalue weighted by molar-refractivity contribution is 5.78. The topological polar surface area (TPSA) is 84.2 Å². The van der Waals surface area contributed by atoms with Crippen LogP contribution in [-0.2, 0) is 11.3 Å². The average molecular weight is 289 g/mol. The molecule has 1 unspecified atom stereocenters. The predicted octanol–water partition coefficient (Wildman–Crippen LogP) is 0.674. The number of rotatable bonds is 6. The smallest absolute Gasteiger partial charge is 0.221 e. The molecule has 1 amide bonds. The Hall–Kier alpha value is -2.21. The van der Waals surface area contributed by atoms with Crippen molar-refractivity contribution in [3.8, 4) is 0 Å². The van der Waals surface area contributed by atoms with Crippen LogP contribution in [0.1, 0.15) is 19.8 Å². The van der Waals surface area contributed by atoms with Gasteiger partial charge in [-0.2, -0.15) is 5.10 Å². The highest BCUT2D eigenvalue weighted by Gasteiger charge is 2.06. The van der Waals surface area contributed by atoms with Gasteiger partial charge in [-0.05, 0) is 25.5 Å². The number of fused-ring (bicyclic) bond motifs is 1. The maximum absolute atomic E-state index is 11.7. The predicted molar refractivity (Wildman–Crippen MR) is 79.9 cm³/mol. The summed E-state index contributed by atoms with van der Waals surface area (Å²) in [5.74, 6) is -0.0970. The van der Waals surface area contributed by atoms with Gasteiger partial charge < -0.3 is 10.4 Å². The summed E-state index contributed by atoms with van der Waals surface area (Å²) < 4.78 is 1.66. The molecule has 2 N–H and O–H groups in total. The summed E-state index contributed by atoms with van der Waals surface area (Å²) in [6, 6.07) is 7.20. The molecule has 2 rings (SSSR count). The lowest BCUT2D eigenvalue weighted by Crippen LogP contribution is -2.27. The molecule has 21 heavy (non-hydrogen) atoms. The van der Waals surface area contributed by atoms with Crippen molar-refractivity contribution < 1.29 is 9.90 Å². The van der Waals surface area contributed by atoms with Crippen LogP contribution in [0.5, 0.6) is 0 Å². The Balaban J connectivity index is 1.99. The number of carbonyl (C=O) groups excluding carboxylic acids is 1. The second-order valence-corrected chi connectivity index (χ2v) is 4.99. The van der Waals surface area contributed by atoms with E-state index in [-0.39, 0.29) is 17.8 Å². The molecule has 0 aliphatic heterocycles. The molecule has 112 valence electrons. The fraction of sp³-hybridized carbons (Fsp3) is 0.400. The van der Waals surface area contributed by atoms with E-state index in [1.807, 2.05) is 12.1 Å². The number of aliphatic hydroxyl groups is 1. The number of para-hydroxylation sites is 1. The van der Waals surface area contributed by atoms with Crippen molar-refractivity contribution in [1.82, 2.24) is 15.1 Å². The van der Waals surface area contributed by atoms with Gasteiger partial charge in [0.25, 0.3) is 0 Å². The van der Waals surface area contributed by atoms with Gasteiger partial charge in [0.2, 0.25) is 11.3 Å². The van der Waals surface area contributed by atoms with E-state index in [0.29, 0.717) is 24.9 Å². The van der Waals surface area contributed by atoms with E-state index >= 15 is 0 Å². The van der Waals surface area contributed by atoms with E-state index in [1.165, 1.54) is 6.20 Å². The lowest BCUT2D eigenvalue weighted by atomic mass is 10.2. The monoisotopic (exact) mass is 289 g/mol. The molecule has 0 bridgehead atoms. The Morgan fingerprint density at radius 3 is 2.95 bits per heavy atom. The third-order valence-corrected chi connectivity index (χ3v) is 3.20. The number of aromatic nitrogens is 2. The number of hydrogen-bond acceptors (Lipinski definition) is 4. The summed E-state index contributed by atoms with van der Waals surface area (Å²) in [7, 11) is 0. The van der Waals surface area contributed by atoms with Crippen LogP contribution in [0, 0.1) is 0 Å². The number of benzene rings is 1. The third-order valence-electron chi connectivity index (χ3n) is 3.20. The standard InChI is InChI=1S/C15H19N3O3/c1-11(19)6-8-16-15(21)7-9-18-13-5-3-2-4-12(13)14(20)10-17-18/h2-5,10-11,19H,6-9H2,1H3,(H,16,21). The van der Waals surface area contributed by atoms with Crippen LogP contribution in [0.25, 0.3) is 10.9 Å². The lowest BCUT2D eigenvalue weighted by Gasteiger charge is -2.10. The van der Waals surface area contributed by atoms with Crippen molar-refractivity contribution in [1.29, 1.82) is 0 Å². The van der Waals surface area contributed by atoms with E-state index < -0.39 is 6.10 Å². The number of nitrogens with one attached hydrogen (secondary N) is 1. The van der Waals surface area contributed by atoms with Gasteiger partial charge >= 0.3 is 0 Å². The van der Waals surface area contributed by atoms with Crippen LogP contribution >= 0.6 is 0 Å². The fourth-order valence-corrected chi connectivity index (χ4v) is 2.06. The summed E-state index contributed by atoms with van der Waals surface area (Å²) in [6.07, 6.45) is 1.66. The van der Waals surface area contributed by atoms with Crippen molar-refractivity contribution in [2.24, 2.45) is 0 Å². The number of aliphatic hydroxyl groups excluding tert-OH is 1. The highest BCUT2D eigenvalue weighted by atomic mass is 16.3. The molecule has 0 fully saturated rings. The van der Waals surface area contributed by atoms with Crippen molar-refractivity contribution in [2.45, 2.75) is 32.4 Å². The molecule has 1 aromatic carbocycles. The summed E-state index contributed by atoms with van der Waals surface area (Å²) in [4.78, 5) is 23.4. The number of amides is 1. The zero-order valence-corrected chi connectivity index (χ0v) is 12.0. The Bertz CT molecular complexity index is 679. The van der Waals surface area contributed by atoms with Gasteiger partial charge in [0.05, 0.1) is 24.4 Å². The molecule has 1 aromatic heterocycles. The van der Waals surface area contributed by atoms with Crippen molar-refractivity contribution >= 4 is 16.8 Å². The number of aryl methyl sites for hydroxylation is 1. The molecule has 0 aliphatic rings. The first-order valence-electron chi connectivity index (χ1n) is 6.97. The van der Waals surface area contributed by atoms with E-state index in [2.05, 4.69) is 10.4 Å². The van der Waals surface area contributed by atoms with Gasteiger partial charge in [-0.25, -0.2) is 0 Å². The maximum Gasteiger partial charge on any atom is 0.221 e. The van der Waals surface area contributed by atoms with Gasteiger partial charge in [-0.3, -0.25) is 14.3 Å². The van der Waals surface area contributed by atoms with Crippen LogP contribution in [0.2, 0.25) is 0 Å². The zero-order chi connectivity index (χ0) is 15.2. The molecule has 6 nitrogen and oxygen atoms in total. The molecule has 0 radical (unpaired) electrons. The zero-order valence-electron chi connectivity index (χ0n) is 12.0. The van der Waals surface area contributed by atoms with E-state index in [1.54, 1.807) is 23.7 Å². The van der Waals surface area contributed by atoms with Gasteiger partial charge in [0.15, 0.2) is 0 Å². The Morgan fingerprint density at radius 2 is 2.19 bits per heavy atom. The van der Waals surface area contributed by atoms with Crippen molar-refractivity contribution in [2.75, 3.05) is 6.54 Å². The summed E-state index contributed by atoms with van der Waals surface area (Å²) in [6.45, 7) is 2.54. The molecule has 0 saturated heterocycles. The van der Waals surface area contributed by atoms with Crippen LogP contribution in [-0.4, -0.2) is 33.4 Å². The minimum absolute atomic E-state index is 0.0970. The van der Waals surface area contributed by atoms with Crippen molar-refractivity contribution in [3.05, 3.63) is 40.7 Å². The van der Waals surface area contributed by atoms with Crippen molar-refractivity contribution in [3.63, 3.8) is 0 Å². The molecule has 1 heterocycles. The van der Waals surface area contributed by atoms with Gasteiger partial charge in [0, 0.05) is 18.4 Å². The third kappa shape index (κ3) is 4.13. The average Bonchev–Trinajstić information content (AvgIpc) is 2.46. The summed E-state index contributed by atoms with van der Waals surface area (Å²) >= 11 is 0. The molecule has 0 spiro atoms. The van der Waals surface area contributed by atoms with Crippen LogP contribution in [0.4, 0.5) is 0 Å². The van der Waals surface area contributed by atoms with E-state index in [0.717, 1.165) is 5.52 Å². The molecular weight excluding hydrogens is 270 g/mol. The van der Waals surface area contributed by atoms with Gasteiger partial charge in [0.1, 0.15) is 0 Å². The number of nitrogens with zero attached hydrogens (tertiary/aromatic N) is 2. The Kier molecular flexibility index (Phi) is 5.05. The molecule has 6 heteroatoms. The molecular formula is C15H19N3O3. The quantitative estimate of drug-likeness (QED) is 0.819. The Morgan fingerprint density at radius 1 is 1.43 bits per heavy atom. The molecule has 1 atom stereocenters. The maximum atomic E-state index is 11.7. The second-order valence-electron chi connectivity index (χ2n) is 4.99. The largest absolute Gasteiger partial charge is 0.393 e. The van der Waals surface area contributed by atoms with Gasteiger partial charge in [-0.15, -0.1) is 0 Å². The lowest BCUT2D eigenvalue weighted by molar-refractivity contribution is -0.121. The van der Waals surface area contributed by atoms with E-state index in [4.69, 9.17) is 5.11 Å². The first-order valence-corrected chi connectivity index (χ1v) is 6.97. The molecule has 0 aliphatic carbocycles. The van der Waals surface area contributed by atoms with E-state index in [9.17, 15) is 9.59 Å². The van der Waals surface area contributed by atoms with Crippen LogP contribution in [0.15, 0.2) is 35.3 Å². The minimum Gasteiger partial charge on any atom is -0.393 e. The number of carbonyl (C=O) groups is 1. The fourth-order valence-electron chi connectivity index (χ4n) is 2.06. The second kappa shape index (κ2) is 6.99. The normalized spacial score (nSPS) is 12.3. The Labute approximate surface area is 122 Å². The van der Waals surface area contributed by atoms with Gasteiger partial charge in [-0.1, -0.05) is 12.1 Å².